The molecule has 4 aromatic carbocycles. The Kier molecular flexibility index (Phi) is 4.45. The molecule has 4 aromatic rings. The number of hydrogen-bond donors (Lipinski definition) is 1. The van der Waals surface area contributed by atoms with Gasteiger partial charge in [0.05, 0.1) is 6.04 Å². The molecule has 1 nitrogen and oxygen atoms in total. The second-order valence-electron chi connectivity index (χ2n) is 6.93. The molecule has 0 radical (unpaired) electrons. The molecule has 0 fully saturated rings. The molecule has 0 bridgehead atoms. The van der Waals surface area contributed by atoms with Crippen molar-refractivity contribution in [3.63, 3.8) is 0 Å². The first-order chi connectivity index (χ1) is 12.7. The largest absolute Gasteiger partial charge is 0.374 e. The summed E-state index contributed by atoms with van der Waals surface area (Å²) >= 11 is 0. The molecular formula is C25H23N. The van der Waals surface area contributed by atoms with E-state index in [2.05, 4.69) is 110 Å². The Bertz CT molecular complexity index is 963. The summed E-state index contributed by atoms with van der Waals surface area (Å²) in [5.41, 5.74) is 6.26. The van der Waals surface area contributed by atoms with Crippen molar-refractivity contribution >= 4 is 16.5 Å². The van der Waals surface area contributed by atoms with Gasteiger partial charge < -0.3 is 5.32 Å². The Morgan fingerprint density at radius 3 is 1.73 bits per heavy atom. The van der Waals surface area contributed by atoms with E-state index in [-0.39, 0.29) is 6.04 Å². The first-order valence-electron chi connectivity index (χ1n) is 9.08. The maximum Gasteiger partial charge on any atom is 0.0767 e. The van der Waals surface area contributed by atoms with E-state index in [1.165, 1.54) is 33.0 Å². The molecule has 0 amide bonds. The minimum Gasteiger partial charge on any atom is -0.374 e. The quantitative estimate of drug-likeness (QED) is 0.439. The van der Waals surface area contributed by atoms with Crippen LogP contribution in [-0.4, -0.2) is 0 Å². The van der Waals surface area contributed by atoms with Crippen LogP contribution in [0.4, 0.5) is 5.69 Å². The summed E-state index contributed by atoms with van der Waals surface area (Å²) in [6.45, 7) is 4.26. The predicted octanol–water partition coefficient (Wildman–Crippen LogP) is 6.66. The van der Waals surface area contributed by atoms with Crippen molar-refractivity contribution in [1.29, 1.82) is 0 Å². The van der Waals surface area contributed by atoms with Gasteiger partial charge in [0.15, 0.2) is 0 Å². The Hall–Kier alpha value is -3.06. The van der Waals surface area contributed by atoms with Gasteiger partial charge in [-0.25, -0.2) is 0 Å². The van der Waals surface area contributed by atoms with Gasteiger partial charge in [-0.1, -0.05) is 96.1 Å². The van der Waals surface area contributed by atoms with Crippen molar-refractivity contribution in [2.75, 3.05) is 5.32 Å². The van der Waals surface area contributed by atoms with Gasteiger partial charge in [-0.15, -0.1) is 0 Å². The third-order valence-corrected chi connectivity index (χ3v) is 4.91. The molecule has 0 atom stereocenters. The fraction of sp³-hybridized carbons (Fsp3) is 0.120. The van der Waals surface area contributed by atoms with Crippen molar-refractivity contribution in [3.05, 3.63) is 113 Å². The molecule has 0 aliphatic heterocycles. The highest BCUT2D eigenvalue weighted by Crippen LogP contribution is 2.31. The molecule has 0 aliphatic carbocycles. The Morgan fingerprint density at radius 2 is 1.12 bits per heavy atom. The summed E-state index contributed by atoms with van der Waals surface area (Å²) in [6.07, 6.45) is 0. The summed E-state index contributed by atoms with van der Waals surface area (Å²) in [7, 11) is 0. The third-order valence-electron chi connectivity index (χ3n) is 4.91. The van der Waals surface area contributed by atoms with Gasteiger partial charge in [-0.3, -0.25) is 0 Å². The van der Waals surface area contributed by atoms with E-state index in [0.29, 0.717) is 0 Å². The van der Waals surface area contributed by atoms with Crippen molar-refractivity contribution < 1.29 is 0 Å². The molecule has 0 heterocycles. The lowest BCUT2D eigenvalue weighted by Crippen LogP contribution is -2.12. The van der Waals surface area contributed by atoms with E-state index in [9.17, 15) is 0 Å². The van der Waals surface area contributed by atoms with Gasteiger partial charge in [0.25, 0.3) is 0 Å². The first-order valence-corrected chi connectivity index (χ1v) is 9.08. The number of fused-ring (bicyclic) bond motifs is 1. The fourth-order valence-corrected chi connectivity index (χ4v) is 3.38. The summed E-state index contributed by atoms with van der Waals surface area (Å²) in [5.74, 6) is 0. The molecule has 0 saturated carbocycles. The van der Waals surface area contributed by atoms with Crippen LogP contribution in [-0.2, 0) is 0 Å². The SMILES string of the molecule is Cc1ccc(C(Nc2cccc3ccccc23)c2ccc(C)cc2)cc1. The number of nitrogens with one attached hydrogen (secondary N) is 1. The summed E-state index contributed by atoms with van der Waals surface area (Å²) < 4.78 is 0. The number of benzene rings is 4. The lowest BCUT2D eigenvalue weighted by molar-refractivity contribution is 0.939. The van der Waals surface area contributed by atoms with E-state index >= 15 is 0 Å². The Labute approximate surface area is 155 Å². The van der Waals surface area contributed by atoms with Crippen LogP contribution in [0, 0.1) is 13.8 Å². The molecule has 1 N–H and O–H groups in total. The van der Waals surface area contributed by atoms with Gasteiger partial charge in [0, 0.05) is 11.1 Å². The maximum atomic E-state index is 3.79. The number of anilines is 1. The zero-order valence-corrected chi connectivity index (χ0v) is 15.2. The molecule has 4 rings (SSSR count). The second-order valence-corrected chi connectivity index (χ2v) is 6.93. The highest BCUT2D eigenvalue weighted by molar-refractivity contribution is 5.94. The lowest BCUT2D eigenvalue weighted by atomic mass is 9.96. The maximum absolute atomic E-state index is 3.79. The van der Waals surface area contributed by atoms with Gasteiger partial charge in [-0.05, 0) is 36.4 Å². The van der Waals surface area contributed by atoms with Crippen molar-refractivity contribution in [2.24, 2.45) is 0 Å². The molecule has 26 heavy (non-hydrogen) atoms. The normalized spacial score (nSPS) is 11.0. The smallest absolute Gasteiger partial charge is 0.0767 e. The standard InChI is InChI=1S/C25H23N/c1-18-10-14-21(15-11-18)25(22-16-12-19(2)13-17-22)26-24-9-5-7-20-6-3-4-8-23(20)24/h3-17,25-26H,1-2H3. The zero-order chi connectivity index (χ0) is 17.9. The van der Waals surface area contributed by atoms with E-state index in [1.54, 1.807) is 0 Å². The lowest BCUT2D eigenvalue weighted by Gasteiger charge is -2.22. The summed E-state index contributed by atoms with van der Waals surface area (Å²) in [5, 5.41) is 6.30. The molecule has 128 valence electrons. The van der Waals surface area contributed by atoms with E-state index in [0.717, 1.165) is 5.69 Å². The van der Waals surface area contributed by atoms with Gasteiger partial charge in [-0.2, -0.15) is 0 Å². The minimum absolute atomic E-state index is 0.113. The van der Waals surface area contributed by atoms with Gasteiger partial charge >= 0.3 is 0 Å². The second kappa shape index (κ2) is 7.05. The third kappa shape index (κ3) is 3.34. The van der Waals surface area contributed by atoms with Crippen LogP contribution in [0.2, 0.25) is 0 Å². The average molecular weight is 337 g/mol. The summed E-state index contributed by atoms with van der Waals surface area (Å²) in [4.78, 5) is 0. The van der Waals surface area contributed by atoms with Crippen LogP contribution < -0.4 is 5.32 Å². The van der Waals surface area contributed by atoms with Crippen molar-refractivity contribution in [1.82, 2.24) is 0 Å². The number of hydrogen-bond acceptors (Lipinski definition) is 1. The van der Waals surface area contributed by atoms with Crippen LogP contribution >= 0.6 is 0 Å². The molecule has 0 saturated heterocycles. The van der Waals surface area contributed by atoms with Crippen LogP contribution in [0.25, 0.3) is 10.8 Å². The van der Waals surface area contributed by atoms with Gasteiger partial charge in [0.2, 0.25) is 0 Å². The minimum atomic E-state index is 0.113. The monoisotopic (exact) mass is 337 g/mol. The highest BCUT2D eigenvalue weighted by atomic mass is 14.9. The van der Waals surface area contributed by atoms with Crippen LogP contribution in [0.15, 0.2) is 91.0 Å². The van der Waals surface area contributed by atoms with Crippen LogP contribution in [0.1, 0.15) is 28.3 Å². The van der Waals surface area contributed by atoms with E-state index in [4.69, 9.17) is 0 Å². The average Bonchev–Trinajstić information content (AvgIpc) is 2.68. The molecule has 0 spiro atoms. The Morgan fingerprint density at radius 1 is 0.577 bits per heavy atom. The number of rotatable bonds is 4. The molecule has 1 heteroatoms. The number of aryl methyl sites for hydroxylation is 2. The summed E-state index contributed by atoms with van der Waals surface area (Å²) in [6, 6.07) is 32.7. The molecule has 0 aromatic heterocycles. The van der Waals surface area contributed by atoms with Gasteiger partial charge in [0.1, 0.15) is 0 Å². The van der Waals surface area contributed by atoms with Crippen molar-refractivity contribution in [3.8, 4) is 0 Å². The first kappa shape index (κ1) is 16.4. The highest BCUT2D eigenvalue weighted by Gasteiger charge is 2.15. The topological polar surface area (TPSA) is 12.0 Å². The molecule has 0 aliphatic rings. The Balaban J connectivity index is 1.79. The van der Waals surface area contributed by atoms with E-state index < -0.39 is 0 Å². The van der Waals surface area contributed by atoms with Crippen LogP contribution in [0.5, 0.6) is 0 Å². The zero-order valence-electron chi connectivity index (χ0n) is 15.2. The van der Waals surface area contributed by atoms with E-state index in [1.807, 2.05) is 0 Å². The van der Waals surface area contributed by atoms with Crippen LogP contribution in [0.3, 0.4) is 0 Å². The molecule has 0 unspecified atom stereocenters. The fourth-order valence-electron chi connectivity index (χ4n) is 3.38. The predicted molar refractivity (Wildman–Crippen MR) is 112 cm³/mol. The van der Waals surface area contributed by atoms with Crippen molar-refractivity contribution in [2.45, 2.75) is 19.9 Å². The molecular weight excluding hydrogens is 314 g/mol.